The zero-order valence-electron chi connectivity index (χ0n) is 20.7. The van der Waals surface area contributed by atoms with E-state index in [1.54, 1.807) is 4.68 Å². The van der Waals surface area contributed by atoms with Crippen LogP contribution in [0.5, 0.6) is 0 Å². The highest BCUT2D eigenvalue weighted by Crippen LogP contribution is 2.40. The molecule has 4 rings (SSSR count). The second-order valence-electron chi connectivity index (χ2n) is 11.5. The molecule has 3 heterocycles. The summed E-state index contributed by atoms with van der Waals surface area (Å²) in [4.78, 5) is 28.5. The molecule has 2 amide bonds. The van der Waals surface area contributed by atoms with Gasteiger partial charge in [-0.15, -0.1) is 5.10 Å². The van der Waals surface area contributed by atoms with Crippen LogP contribution in [0.1, 0.15) is 83.9 Å². The molecule has 3 aliphatic rings. The minimum absolute atomic E-state index is 0.101. The first-order valence-corrected chi connectivity index (χ1v) is 12.5. The average molecular weight is 478 g/mol. The Bertz CT molecular complexity index is 887. The summed E-state index contributed by atoms with van der Waals surface area (Å²) in [6.07, 6.45) is 4.93. The summed E-state index contributed by atoms with van der Waals surface area (Å²) < 4.78 is 6.96. The number of hydrogen-bond acceptors (Lipinski definition) is 7. The number of likely N-dealkylation sites (tertiary alicyclic amines) is 1. The maximum absolute atomic E-state index is 13.8. The van der Waals surface area contributed by atoms with Gasteiger partial charge in [-0.1, -0.05) is 26.0 Å². The van der Waals surface area contributed by atoms with E-state index in [0.29, 0.717) is 38.4 Å². The van der Waals surface area contributed by atoms with Crippen molar-refractivity contribution in [2.24, 2.45) is 5.41 Å². The summed E-state index contributed by atoms with van der Waals surface area (Å²) in [6, 6.07) is -1.70. The molecular weight excluding hydrogens is 438 g/mol. The predicted molar refractivity (Wildman–Crippen MR) is 124 cm³/mol. The average Bonchev–Trinajstić information content (AvgIpc) is 3.34. The van der Waals surface area contributed by atoms with Crippen LogP contribution >= 0.6 is 0 Å². The predicted octanol–water partition coefficient (Wildman–Crippen LogP) is 1.14. The molecule has 190 valence electrons. The van der Waals surface area contributed by atoms with E-state index in [0.717, 1.165) is 18.5 Å². The summed E-state index contributed by atoms with van der Waals surface area (Å²) in [6.45, 7) is 8.87. The van der Waals surface area contributed by atoms with Crippen molar-refractivity contribution in [1.29, 1.82) is 0 Å². The Hall–Kier alpha value is -2.04. The third-order valence-corrected chi connectivity index (χ3v) is 7.21. The molecule has 2 aliphatic heterocycles. The monoisotopic (exact) mass is 477 g/mol. The van der Waals surface area contributed by atoms with Crippen molar-refractivity contribution in [3.63, 3.8) is 0 Å². The summed E-state index contributed by atoms with van der Waals surface area (Å²) in [7, 11) is 0. The van der Waals surface area contributed by atoms with Gasteiger partial charge in [-0.3, -0.25) is 9.59 Å². The highest BCUT2D eigenvalue weighted by molar-refractivity contribution is 5.90. The number of carbonyl (C=O) groups excluding carboxylic acids is 2. The maximum atomic E-state index is 13.8. The summed E-state index contributed by atoms with van der Waals surface area (Å²) >= 11 is 0. The second kappa shape index (κ2) is 9.54. The van der Waals surface area contributed by atoms with Gasteiger partial charge in [-0.25, -0.2) is 4.68 Å². The smallest absolute Gasteiger partial charge is 0.248 e. The molecule has 10 heteroatoms. The van der Waals surface area contributed by atoms with Crippen molar-refractivity contribution < 1.29 is 24.5 Å². The van der Waals surface area contributed by atoms with Gasteiger partial charge >= 0.3 is 0 Å². The van der Waals surface area contributed by atoms with Gasteiger partial charge in [0.2, 0.25) is 11.8 Å². The largest absolute Gasteiger partial charge is 0.391 e. The summed E-state index contributed by atoms with van der Waals surface area (Å²) in [5, 5.41) is 32.7. The Morgan fingerprint density at radius 1 is 1.29 bits per heavy atom. The molecule has 2 saturated heterocycles. The fourth-order valence-corrected chi connectivity index (χ4v) is 5.24. The number of aromatic nitrogens is 3. The normalized spacial score (nSPS) is 26.8. The quantitative estimate of drug-likeness (QED) is 0.537. The number of ether oxygens (including phenoxy) is 1. The molecular formula is C24H39N5O5. The fraction of sp³-hybridized carbons (Fsp3) is 0.833. The van der Waals surface area contributed by atoms with Gasteiger partial charge in [0.25, 0.3) is 0 Å². The van der Waals surface area contributed by atoms with E-state index in [-0.39, 0.29) is 30.8 Å². The summed E-state index contributed by atoms with van der Waals surface area (Å²) in [5.74, 6) is -0.131. The van der Waals surface area contributed by atoms with Crippen molar-refractivity contribution >= 4 is 11.8 Å². The molecule has 0 aromatic carbocycles. The van der Waals surface area contributed by atoms with E-state index in [1.165, 1.54) is 4.90 Å². The molecule has 1 aromatic heterocycles. The lowest BCUT2D eigenvalue weighted by Gasteiger charge is -2.36. The molecule has 0 spiro atoms. The highest BCUT2D eigenvalue weighted by Gasteiger charge is 2.46. The summed E-state index contributed by atoms with van der Waals surface area (Å²) in [5.41, 5.74) is -0.434. The van der Waals surface area contributed by atoms with Gasteiger partial charge in [0.05, 0.1) is 17.4 Å². The Labute approximate surface area is 201 Å². The van der Waals surface area contributed by atoms with Crippen molar-refractivity contribution in [3.8, 4) is 0 Å². The number of aliphatic hydroxyl groups is 2. The van der Waals surface area contributed by atoms with Gasteiger partial charge in [-0.05, 0) is 44.4 Å². The van der Waals surface area contributed by atoms with Gasteiger partial charge in [0, 0.05) is 44.3 Å². The molecule has 1 saturated carbocycles. The van der Waals surface area contributed by atoms with Crippen LogP contribution in [-0.4, -0.2) is 85.5 Å². The van der Waals surface area contributed by atoms with E-state index < -0.39 is 29.2 Å². The number of nitrogens with zero attached hydrogens (tertiary/aromatic N) is 4. The standard InChI is InChI=1S/C24H39N5O5/c1-15(12-24(33)7-9-34-10-8-24)25-21(31)19-11-17(30)13-28(19)22(32)20(23(2,3)4)29-14-18(26-27-29)16-5-6-16/h14-17,19-20,30,33H,5-13H2,1-4H3,(H,25,31)/t15?,17?,19?,20-/m1/s1. The molecule has 3 fully saturated rings. The van der Waals surface area contributed by atoms with E-state index in [2.05, 4.69) is 15.6 Å². The first-order valence-electron chi connectivity index (χ1n) is 12.5. The van der Waals surface area contributed by atoms with Crippen molar-refractivity contribution in [3.05, 3.63) is 11.9 Å². The number of nitrogens with one attached hydrogen (secondary N) is 1. The zero-order valence-corrected chi connectivity index (χ0v) is 20.7. The zero-order chi connectivity index (χ0) is 24.7. The second-order valence-corrected chi connectivity index (χ2v) is 11.5. The lowest BCUT2D eigenvalue weighted by molar-refractivity contribution is -0.144. The van der Waals surface area contributed by atoms with Crippen LogP contribution < -0.4 is 5.32 Å². The molecule has 10 nitrogen and oxygen atoms in total. The van der Waals surface area contributed by atoms with E-state index >= 15 is 0 Å². The topological polar surface area (TPSA) is 130 Å². The first kappa shape index (κ1) is 25.1. The van der Waals surface area contributed by atoms with Gasteiger partial charge in [0.15, 0.2) is 0 Å². The first-order chi connectivity index (χ1) is 16.0. The van der Waals surface area contributed by atoms with Gasteiger partial charge in [-0.2, -0.15) is 0 Å². The number of rotatable bonds is 7. The van der Waals surface area contributed by atoms with Crippen LogP contribution in [0.15, 0.2) is 6.20 Å². The SMILES string of the molecule is CC(CC1(O)CCOCC1)NC(=O)C1CC(O)CN1C(=O)[C@@H](n1cc(C2CC2)nn1)C(C)(C)C. The van der Waals surface area contributed by atoms with E-state index in [9.17, 15) is 19.8 Å². The van der Waals surface area contributed by atoms with E-state index in [4.69, 9.17) is 4.74 Å². The van der Waals surface area contributed by atoms with Crippen LogP contribution in [0.4, 0.5) is 0 Å². The highest BCUT2D eigenvalue weighted by atomic mass is 16.5. The minimum Gasteiger partial charge on any atom is -0.391 e. The van der Waals surface area contributed by atoms with Crippen molar-refractivity contribution in [2.45, 2.75) is 102 Å². The number of carbonyl (C=O) groups is 2. The Morgan fingerprint density at radius 2 is 1.97 bits per heavy atom. The van der Waals surface area contributed by atoms with Crippen LogP contribution in [0.25, 0.3) is 0 Å². The fourth-order valence-electron chi connectivity index (χ4n) is 5.24. The van der Waals surface area contributed by atoms with Crippen LogP contribution in [-0.2, 0) is 14.3 Å². The number of hydrogen-bond donors (Lipinski definition) is 3. The maximum Gasteiger partial charge on any atom is 0.248 e. The Morgan fingerprint density at radius 3 is 2.59 bits per heavy atom. The third-order valence-electron chi connectivity index (χ3n) is 7.21. The molecule has 0 bridgehead atoms. The Kier molecular flexibility index (Phi) is 7.04. The molecule has 0 radical (unpaired) electrons. The third kappa shape index (κ3) is 5.60. The molecule has 1 aliphatic carbocycles. The van der Waals surface area contributed by atoms with Crippen LogP contribution in [0.2, 0.25) is 0 Å². The number of amides is 2. The molecule has 3 N–H and O–H groups in total. The van der Waals surface area contributed by atoms with E-state index in [1.807, 2.05) is 33.9 Å². The van der Waals surface area contributed by atoms with Crippen molar-refractivity contribution in [2.75, 3.05) is 19.8 Å². The van der Waals surface area contributed by atoms with Crippen LogP contribution in [0, 0.1) is 5.41 Å². The lowest BCUT2D eigenvalue weighted by Crippen LogP contribution is -2.52. The lowest BCUT2D eigenvalue weighted by atomic mass is 9.85. The molecule has 3 unspecified atom stereocenters. The van der Waals surface area contributed by atoms with Crippen LogP contribution in [0.3, 0.4) is 0 Å². The minimum atomic E-state index is -0.862. The number of β-amino-alcohol motifs (C(OH)–C–C–N with tert-alkyl or cyclic N) is 1. The molecule has 34 heavy (non-hydrogen) atoms. The number of aliphatic hydroxyl groups excluding tert-OH is 1. The molecule has 4 atom stereocenters. The van der Waals surface area contributed by atoms with Crippen molar-refractivity contribution in [1.82, 2.24) is 25.2 Å². The molecule has 1 aromatic rings. The van der Waals surface area contributed by atoms with Gasteiger partial charge < -0.3 is 25.2 Å². The Balaban J connectivity index is 1.47. The van der Waals surface area contributed by atoms with Gasteiger partial charge in [0.1, 0.15) is 12.1 Å².